The molecule has 0 atom stereocenters. The number of ether oxygens (including phenoxy) is 1. The minimum Gasteiger partial charge on any atom is -0.439 e. The molecule has 0 spiro atoms. The van der Waals surface area contributed by atoms with Crippen molar-refractivity contribution < 1.29 is 4.74 Å². The highest BCUT2D eigenvalue weighted by Gasteiger charge is 2.19. The molecule has 4 heteroatoms. The molecule has 106 valence electrons. The Kier molecular flexibility index (Phi) is 4.14. The van der Waals surface area contributed by atoms with Crippen molar-refractivity contribution >= 4 is 15.9 Å². The van der Waals surface area contributed by atoms with Crippen LogP contribution in [0, 0.1) is 13.8 Å². The van der Waals surface area contributed by atoms with E-state index in [1.54, 1.807) is 6.07 Å². The van der Waals surface area contributed by atoms with Gasteiger partial charge in [-0.1, -0.05) is 26.8 Å². The van der Waals surface area contributed by atoms with Crippen LogP contribution in [0.5, 0.6) is 11.6 Å². The van der Waals surface area contributed by atoms with Crippen LogP contribution in [0.4, 0.5) is 0 Å². The topological polar surface area (TPSA) is 35.0 Å². The van der Waals surface area contributed by atoms with Crippen LogP contribution in [0.25, 0.3) is 0 Å². The molecule has 0 amide bonds. The lowest BCUT2D eigenvalue weighted by Gasteiger charge is -2.17. The molecule has 0 N–H and O–H groups in total. The van der Waals surface area contributed by atoms with Gasteiger partial charge in [-0.25, -0.2) is 4.98 Å². The molecular formula is C16H19BrN2O. The largest absolute Gasteiger partial charge is 0.439 e. The summed E-state index contributed by atoms with van der Waals surface area (Å²) in [6.45, 7) is 10.4. The van der Waals surface area contributed by atoms with Gasteiger partial charge in [0.1, 0.15) is 16.2 Å². The number of hydrogen-bond acceptors (Lipinski definition) is 3. The third-order valence-corrected chi connectivity index (χ3v) is 3.45. The van der Waals surface area contributed by atoms with Gasteiger partial charge in [0.25, 0.3) is 0 Å². The highest BCUT2D eigenvalue weighted by molar-refractivity contribution is 9.10. The van der Waals surface area contributed by atoms with Crippen LogP contribution < -0.4 is 4.74 Å². The number of benzene rings is 1. The quantitative estimate of drug-likeness (QED) is 0.729. The van der Waals surface area contributed by atoms with E-state index in [2.05, 4.69) is 60.5 Å². The first kappa shape index (κ1) is 15.0. The van der Waals surface area contributed by atoms with Crippen LogP contribution in [0.1, 0.15) is 37.7 Å². The van der Waals surface area contributed by atoms with Crippen LogP contribution in [0.3, 0.4) is 0 Å². The summed E-state index contributed by atoms with van der Waals surface area (Å²) in [7, 11) is 0. The standard InChI is InChI=1S/C16H19BrN2O/c1-10-6-7-12(8-11(10)2)20-14-9-13(17)18-15(19-14)16(3,4)5/h6-9H,1-5H3. The molecule has 20 heavy (non-hydrogen) atoms. The number of rotatable bonds is 2. The Morgan fingerprint density at radius 2 is 1.70 bits per heavy atom. The molecule has 0 aliphatic rings. The minimum absolute atomic E-state index is 0.120. The smallest absolute Gasteiger partial charge is 0.223 e. The molecule has 0 bridgehead atoms. The molecule has 2 rings (SSSR count). The van der Waals surface area contributed by atoms with E-state index >= 15 is 0 Å². The molecule has 3 nitrogen and oxygen atoms in total. The minimum atomic E-state index is -0.120. The first-order valence-electron chi connectivity index (χ1n) is 6.56. The molecule has 2 aromatic rings. The van der Waals surface area contributed by atoms with Crippen molar-refractivity contribution in [2.75, 3.05) is 0 Å². The Labute approximate surface area is 128 Å². The fraction of sp³-hybridized carbons (Fsp3) is 0.375. The normalized spacial score (nSPS) is 11.5. The maximum atomic E-state index is 5.85. The fourth-order valence-electron chi connectivity index (χ4n) is 1.68. The third kappa shape index (κ3) is 3.57. The molecule has 1 heterocycles. The lowest BCUT2D eigenvalue weighted by molar-refractivity contribution is 0.444. The average Bonchev–Trinajstić information content (AvgIpc) is 2.32. The van der Waals surface area contributed by atoms with Crippen molar-refractivity contribution in [1.82, 2.24) is 9.97 Å². The predicted octanol–water partition coefficient (Wildman–Crippen LogP) is 4.95. The van der Waals surface area contributed by atoms with Gasteiger partial charge in [-0.05, 0) is 53.0 Å². The Bertz CT molecular complexity index is 633. The zero-order valence-electron chi connectivity index (χ0n) is 12.5. The SMILES string of the molecule is Cc1ccc(Oc2cc(Br)nc(C(C)(C)C)n2)cc1C. The number of aromatic nitrogens is 2. The summed E-state index contributed by atoms with van der Waals surface area (Å²) >= 11 is 3.41. The van der Waals surface area contributed by atoms with Crippen molar-refractivity contribution in [2.24, 2.45) is 0 Å². The lowest BCUT2D eigenvalue weighted by atomic mass is 9.96. The van der Waals surface area contributed by atoms with E-state index in [1.165, 1.54) is 11.1 Å². The summed E-state index contributed by atoms with van der Waals surface area (Å²) in [5, 5.41) is 0. The van der Waals surface area contributed by atoms with E-state index in [0.29, 0.717) is 5.88 Å². The van der Waals surface area contributed by atoms with Crippen LogP contribution in [-0.2, 0) is 5.41 Å². The molecule has 0 radical (unpaired) electrons. The van der Waals surface area contributed by atoms with Gasteiger partial charge in [-0.15, -0.1) is 0 Å². The van der Waals surface area contributed by atoms with Gasteiger partial charge in [0.15, 0.2) is 0 Å². The molecule has 1 aromatic carbocycles. The first-order chi connectivity index (χ1) is 9.25. The summed E-state index contributed by atoms with van der Waals surface area (Å²) in [4.78, 5) is 8.89. The maximum absolute atomic E-state index is 5.85. The van der Waals surface area contributed by atoms with E-state index in [1.807, 2.05) is 18.2 Å². The summed E-state index contributed by atoms with van der Waals surface area (Å²) in [6, 6.07) is 7.80. The first-order valence-corrected chi connectivity index (χ1v) is 7.35. The predicted molar refractivity (Wildman–Crippen MR) is 84.4 cm³/mol. The van der Waals surface area contributed by atoms with E-state index in [9.17, 15) is 0 Å². The van der Waals surface area contributed by atoms with Gasteiger partial charge in [-0.2, -0.15) is 4.98 Å². The van der Waals surface area contributed by atoms with Crippen molar-refractivity contribution in [1.29, 1.82) is 0 Å². The second kappa shape index (κ2) is 5.52. The van der Waals surface area contributed by atoms with Gasteiger partial charge in [0.05, 0.1) is 0 Å². The van der Waals surface area contributed by atoms with Crippen molar-refractivity contribution in [3.05, 3.63) is 45.8 Å². The summed E-state index contributed by atoms with van der Waals surface area (Å²) in [5.41, 5.74) is 2.33. The van der Waals surface area contributed by atoms with E-state index in [-0.39, 0.29) is 5.41 Å². The van der Waals surface area contributed by atoms with Gasteiger partial charge >= 0.3 is 0 Å². The number of halogens is 1. The van der Waals surface area contributed by atoms with Crippen molar-refractivity contribution in [3.63, 3.8) is 0 Å². The van der Waals surface area contributed by atoms with Crippen molar-refractivity contribution in [3.8, 4) is 11.6 Å². The monoisotopic (exact) mass is 334 g/mol. The van der Waals surface area contributed by atoms with E-state index in [4.69, 9.17) is 4.74 Å². The van der Waals surface area contributed by atoms with Crippen LogP contribution in [0.2, 0.25) is 0 Å². The van der Waals surface area contributed by atoms with Gasteiger partial charge < -0.3 is 4.74 Å². The van der Waals surface area contributed by atoms with Gasteiger partial charge in [0.2, 0.25) is 5.88 Å². The Hall–Kier alpha value is -1.42. The Morgan fingerprint density at radius 3 is 2.30 bits per heavy atom. The molecule has 1 aromatic heterocycles. The molecular weight excluding hydrogens is 316 g/mol. The van der Waals surface area contributed by atoms with E-state index < -0.39 is 0 Å². The van der Waals surface area contributed by atoms with Gasteiger partial charge in [0, 0.05) is 11.5 Å². The molecule has 0 fully saturated rings. The highest BCUT2D eigenvalue weighted by Crippen LogP contribution is 2.27. The second-order valence-corrected chi connectivity index (χ2v) is 6.76. The van der Waals surface area contributed by atoms with Crippen LogP contribution in [0.15, 0.2) is 28.9 Å². The van der Waals surface area contributed by atoms with Gasteiger partial charge in [-0.3, -0.25) is 0 Å². The van der Waals surface area contributed by atoms with Crippen LogP contribution >= 0.6 is 15.9 Å². The molecule has 0 unspecified atom stereocenters. The molecule has 0 saturated heterocycles. The van der Waals surface area contributed by atoms with Crippen LogP contribution in [-0.4, -0.2) is 9.97 Å². The summed E-state index contributed by atoms with van der Waals surface area (Å²) in [5.74, 6) is 2.10. The van der Waals surface area contributed by atoms with E-state index in [0.717, 1.165) is 16.2 Å². The Balaban J connectivity index is 2.33. The third-order valence-electron chi connectivity index (χ3n) is 3.04. The molecule has 0 aliphatic heterocycles. The summed E-state index contributed by atoms with van der Waals surface area (Å²) < 4.78 is 6.58. The zero-order chi connectivity index (χ0) is 14.9. The molecule has 0 aliphatic carbocycles. The fourth-order valence-corrected chi connectivity index (χ4v) is 2.05. The average molecular weight is 335 g/mol. The second-order valence-electron chi connectivity index (χ2n) is 5.95. The lowest BCUT2D eigenvalue weighted by Crippen LogP contribution is -2.16. The summed E-state index contributed by atoms with van der Waals surface area (Å²) in [6.07, 6.45) is 0. The highest BCUT2D eigenvalue weighted by atomic mass is 79.9. The Morgan fingerprint density at radius 1 is 1.00 bits per heavy atom. The zero-order valence-corrected chi connectivity index (χ0v) is 14.1. The molecule has 0 saturated carbocycles. The number of nitrogens with zero attached hydrogens (tertiary/aromatic N) is 2. The number of aryl methyl sites for hydroxylation is 2. The van der Waals surface area contributed by atoms with Crippen molar-refractivity contribution in [2.45, 2.75) is 40.0 Å². The number of hydrogen-bond donors (Lipinski definition) is 0. The maximum Gasteiger partial charge on any atom is 0.223 e.